The van der Waals surface area contributed by atoms with Gasteiger partial charge in [0.2, 0.25) is 5.91 Å². The fourth-order valence-corrected chi connectivity index (χ4v) is 5.49. The number of urea groups is 1. The van der Waals surface area contributed by atoms with E-state index in [1.807, 2.05) is 0 Å². The third-order valence-corrected chi connectivity index (χ3v) is 7.60. The number of hydrazine groups is 1. The predicted octanol–water partition coefficient (Wildman–Crippen LogP) is 3.86. The Bertz CT molecular complexity index is 1160. The van der Waals surface area contributed by atoms with Crippen molar-refractivity contribution in [3.8, 4) is 5.75 Å². The van der Waals surface area contributed by atoms with Gasteiger partial charge in [0.1, 0.15) is 17.7 Å². The molecule has 2 saturated heterocycles. The maximum atomic E-state index is 13.8. The minimum absolute atomic E-state index is 0.0116. The number of nitrogens with one attached hydrogen (secondary N) is 1. The summed E-state index contributed by atoms with van der Waals surface area (Å²) in [5.74, 6) is -0.800. The van der Waals surface area contributed by atoms with Gasteiger partial charge < -0.3 is 20.1 Å². The Morgan fingerprint density at radius 2 is 1.73 bits per heavy atom. The van der Waals surface area contributed by atoms with Crippen molar-refractivity contribution >= 4 is 17.7 Å². The number of benzene rings is 2. The Labute approximate surface area is 234 Å². The van der Waals surface area contributed by atoms with Gasteiger partial charge in [-0.1, -0.05) is 37.6 Å². The third kappa shape index (κ3) is 7.17. The molecule has 0 bridgehead atoms. The Morgan fingerprint density at radius 3 is 2.42 bits per heavy atom. The molecule has 0 spiro atoms. The minimum atomic E-state index is -0.733. The average Bonchev–Trinajstić information content (AvgIpc) is 2.93. The second-order valence-corrected chi connectivity index (χ2v) is 10.6. The quantitative estimate of drug-likeness (QED) is 0.409. The minimum Gasteiger partial charge on any atom is -0.508 e. The maximum absolute atomic E-state index is 13.8. The highest BCUT2D eigenvalue weighted by Gasteiger charge is 2.51. The van der Waals surface area contributed by atoms with Crippen molar-refractivity contribution in [1.29, 1.82) is 0 Å². The molecule has 2 aromatic rings. The molecule has 1 unspecified atom stereocenters. The Balaban J connectivity index is 1.54. The SMILES string of the molecule is CCCCOCCCC1C[C@H]2N(C(=O)CN(C)N2C(=O)NCc2ccc(F)cc2)[C@@H](Cc2ccc(O)cc2)C1=O. The van der Waals surface area contributed by atoms with E-state index in [0.717, 1.165) is 24.0 Å². The normalized spacial score (nSPS) is 21.4. The second kappa shape index (κ2) is 13.7. The van der Waals surface area contributed by atoms with Gasteiger partial charge in [0.15, 0.2) is 5.78 Å². The Kier molecular flexibility index (Phi) is 10.1. The van der Waals surface area contributed by atoms with E-state index in [-0.39, 0.29) is 42.3 Å². The van der Waals surface area contributed by atoms with Crippen LogP contribution in [0.4, 0.5) is 9.18 Å². The van der Waals surface area contributed by atoms with Gasteiger partial charge in [-0.15, -0.1) is 0 Å². The number of likely N-dealkylation sites (N-methyl/N-ethyl adjacent to an activating group) is 1. The number of carbonyl (C=O) groups is 3. The van der Waals surface area contributed by atoms with Crippen molar-refractivity contribution in [2.24, 2.45) is 5.92 Å². The second-order valence-electron chi connectivity index (χ2n) is 10.6. The first-order valence-corrected chi connectivity index (χ1v) is 14.0. The molecule has 2 fully saturated rings. The van der Waals surface area contributed by atoms with E-state index in [2.05, 4.69) is 12.2 Å². The van der Waals surface area contributed by atoms with E-state index in [9.17, 15) is 23.9 Å². The van der Waals surface area contributed by atoms with Gasteiger partial charge in [0.05, 0.1) is 12.6 Å². The number of hydrogen-bond acceptors (Lipinski definition) is 6. The molecule has 0 saturated carbocycles. The van der Waals surface area contributed by atoms with Gasteiger partial charge in [-0.25, -0.2) is 19.2 Å². The van der Waals surface area contributed by atoms with Crippen LogP contribution >= 0.6 is 0 Å². The van der Waals surface area contributed by atoms with Crippen molar-refractivity contribution in [3.05, 3.63) is 65.5 Å². The molecule has 3 amide bonds. The molecular weight excluding hydrogens is 515 g/mol. The summed E-state index contributed by atoms with van der Waals surface area (Å²) >= 11 is 0. The summed E-state index contributed by atoms with van der Waals surface area (Å²) in [6.45, 7) is 3.50. The summed E-state index contributed by atoms with van der Waals surface area (Å²) in [6.07, 6.45) is 3.34. The van der Waals surface area contributed by atoms with E-state index >= 15 is 0 Å². The highest BCUT2D eigenvalue weighted by molar-refractivity contribution is 5.94. The molecule has 2 aliphatic rings. The Hall–Kier alpha value is -3.50. The lowest BCUT2D eigenvalue weighted by Gasteiger charge is -2.53. The van der Waals surface area contributed by atoms with E-state index in [1.165, 1.54) is 17.1 Å². The summed E-state index contributed by atoms with van der Waals surface area (Å²) in [5, 5.41) is 15.7. The molecule has 2 heterocycles. The van der Waals surface area contributed by atoms with Crippen LogP contribution in [0.3, 0.4) is 0 Å². The molecular formula is C30H39FN4O5. The molecule has 0 aromatic heterocycles. The fraction of sp³-hybridized carbons (Fsp3) is 0.500. The number of carbonyl (C=O) groups excluding carboxylic acids is 3. The maximum Gasteiger partial charge on any atom is 0.334 e. The van der Waals surface area contributed by atoms with Crippen LogP contribution in [-0.4, -0.2) is 76.8 Å². The summed E-state index contributed by atoms with van der Waals surface area (Å²) in [4.78, 5) is 42.2. The lowest BCUT2D eigenvalue weighted by molar-refractivity contribution is -0.181. The molecule has 2 aliphatic heterocycles. The van der Waals surface area contributed by atoms with E-state index < -0.39 is 18.2 Å². The van der Waals surface area contributed by atoms with Crippen LogP contribution < -0.4 is 5.32 Å². The van der Waals surface area contributed by atoms with Gasteiger partial charge in [0.25, 0.3) is 0 Å². The topological polar surface area (TPSA) is 102 Å². The number of Topliss-reactive ketones (excluding diaryl/α,β-unsaturated/α-hetero) is 1. The van der Waals surface area contributed by atoms with Crippen molar-refractivity contribution in [2.75, 3.05) is 26.8 Å². The molecule has 10 heteroatoms. The number of hydrogen-bond donors (Lipinski definition) is 2. The van der Waals surface area contributed by atoms with Gasteiger partial charge in [0, 0.05) is 39.1 Å². The third-order valence-electron chi connectivity index (χ3n) is 7.60. The predicted molar refractivity (Wildman–Crippen MR) is 147 cm³/mol. The van der Waals surface area contributed by atoms with E-state index in [4.69, 9.17) is 4.74 Å². The first-order chi connectivity index (χ1) is 19.3. The summed E-state index contributed by atoms with van der Waals surface area (Å²) < 4.78 is 19.0. The number of ketones is 1. The van der Waals surface area contributed by atoms with Gasteiger partial charge >= 0.3 is 6.03 Å². The zero-order valence-corrected chi connectivity index (χ0v) is 23.2. The van der Waals surface area contributed by atoms with Crippen LogP contribution in [0.2, 0.25) is 0 Å². The van der Waals surface area contributed by atoms with Crippen molar-refractivity contribution in [1.82, 2.24) is 20.2 Å². The van der Waals surface area contributed by atoms with Gasteiger partial charge in [-0.3, -0.25) is 9.59 Å². The van der Waals surface area contributed by atoms with Crippen LogP contribution in [-0.2, 0) is 27.3 Å². The molecule has 0 aliphatic carbocycles. The zero-order valence-electron chi connectivity index (χ0n) is 23.2. The number of phenolic OH excluding ortho intramolecular Hbond substituents is 1. The van der Waals surface area contributed by atoms with E-state index in [1.54, 1.807) is 53.4 Å². The fourth-order valence-electron chi connectivity index (χ4n) is 5.49. The first-order valence-electron chi connectivity index (χ1n) is 14.0. The monoisotopic (exact) mass is 554 g/mol. The highest BCUT2D eigenvalue weighted by atomic mass is 19.1. The number of phenols is 1. The lowest BCUT2D eigenvalue weighted by atomic mass is 9.81. The number of unbranched alkanes of at least 4 members (excludes halogenated alkanes) is 1. The number of halogens is 1. The molecule has 0 radical (unpaired) electrons. The summed E-state index contributed by atoms with van der Waals surface area (Å²) in [6, 6.07) is 11.4. The first kappa shape index (κ1) is 29.5. The van der Waals surface area contributed by atoms with Crippen molar-refractivity contribution < 1.29 is 28.6 Å². The number of rotatable bonds is 11. The highest BCUT2D eigenvalue weighted by Crippen LogP contribution is 2.35. The number of ether oxygens (including phenoxy) is 1. The van der Waals surface area contributed by atoms with Gasteiger partial charge in [-0.05, 0) is 61.1 Å². The largest absolute Gasteiger partial charge is 0.508 e. The van der Waals surface area contributed by atoms with Crippen molar-refractivity contribution in [3.63, 3.8) is 0 Å². The number of fused-ring (bicyclic) bond motifs is 1. The molecule has 2 N–H and O–H groups in total. The molecule has 3 atom stereocenters. The Morgan fingerprint density at radius 1 is 1.05 bits per heavy atom. The average molecular weight is 555 g/mol. The van der Waals surface area contributed by atoms with Crippen LogP contribution in [0, 0.1) is 11.7 Å². The zero-order chi connectivity index (χ0) is 28.6. The number of piperidine rings is 1. The number of aromatic hydroxyl groups is 1. The molecule has 4 rings (SSSR count). The van der Waals surface area contributed by atoms with Crippen LogP contribution in [0.25, 0.3) is 0 Å². The summed E-state index contributed by atoms with van der Waals surface area (Å²) in [5.41, 5.74) is 1.56. The molecule has 216 valence electrons. The smallest absolute Gasteiger partial charge is 0.334 e. The number of nitrogens with zero attached hydrogens (tertiary/aromatic N) is 3. The lowest BCUT2D eigenvalue weighted by Crippen LogP contribution is -2.73. The van der Waals surface area contributed by atoms with Crippen molar-refractivity contribution in [2.45, 2.75) is 64.2 Å². The molecule has 2 aromatic carbocycles. The van der Waals surface area contributed by atoms with Crippen LogP contribution in [0.1, 0.15) is 50.2 Å². The summed E-state index contributed by atoms with van der Waals surface area (Å²) in [7, 11) is 1.69. The number of amides is 3. The van der Waals surface area contributed by atoms with Crippen LogP contribution in [0.5, 0.6) is 5.75 Å². The molecule has 9 nitrogen and oxygen atoms in total. The van der Waals surface area contributed by atoms with Crippen LogP contribution in [0.15, 0.2) is 48.5 Å². The molecule has 40 heavy (non-hydrogen) atoms. The van der Waals surface area contributed by atoms with Gasteiger partial charge in [-0.2, -0.15) is 0 Å². The standard InChI is InChI=1S/C30H39FN4O5/c1-3-4-15-40-16-5-6-23-18-27-34(26(29(23)38)17-21-9-13-25(36)14-10-21)28(37)20-33(2)35(27)30(39)32-19-22-7-11-24(31)12-8-22/h7-14,23,26-27,36H,3-6,15-20H2,1-2H3,(H,32,39)/t23?,26-,27-/m0/s1. The van der Waals surface area contributed by atoms with E-state index in [0.29, 0.717) is 38.9 Å².